The topological polar surface area (TPSA) is 12.9 Å². The lowest BCUT2D eigenvalue weighted by molar-refractivity contribution is 0.232. The van der Waals surface area contributed by atoms with Crippen LogP contribution < -0.4 is 0 Å². The summed E-state index contributed by atoms with van der Waals surface area (Å²) >= 11 is 0. The average Bonchev–Trinajstić information content (AvgIpc) is 2.47. The maximum absolute atomic E-state index is 4.11. The molecule has 114 valence electrons. The highest BCUT2D eigenvalue weighted by Gasteiger charge is 2.22. The number of nitrogens with zero attached hydrogens (tertiary/aromatic N) is 1. The third kappa shape index (κ3) is 7.07. The summed E-state index contributed by atoms with van der Waals surface area (Å²) in [5.41, 5.74) is 1.98. The summed E-state index contributed by atoms with van der Waals surface area (Å²) in [7, 11) is 0. The van der Waals surface area contributed by atoms with Gasteiger partial charge in [-0.15, -0.1) is 0 Å². The van der Waals surface area contributed by atoms with Crippen LogP contribution in [0.15, 0.2) is 24.5 Å². The van der Waals surface area contributed by atoms with Crippen molar-refractivity contribution < 1.29 is 0 Å². The Labute approximate surface area is 126 Å². The van der Waals surface area contributed by atoms with Crippen LogP contribution in [-0.2, 0) is 6.42 Å². The maximum Gasteiger partial charge on any atom is 0.0270 e. The second-order valence-electron chi connectivity index (χ2n) is 6.58. The molecule has 0 aliphatic heterocycles. The summed E-state index contributed by atoms with van der Waals surface area (Å²) < 4.78 is 0. The van der Waals surface area contributed by atoms with Gasteiger partial charge in [-0.05, 0) is 48.8 Å². The van der Waals surface area contributed by atoms with Crippen molar-refractivity contribution in [3.05, 3.63) is 30.1 Å². The lowest BCUT2D eigenvalue weighted by Crippen LogP contribution is -2.17. The fraction of sp³-hybridized carbons (Fsp3) is 0.737. The Morgan fingerprint density at radius 1 is 0.850 bits per heavy atom. The van der Waals surface area contributed by atoms with E-state index in [1.165, 1.54) is 69.8 Å². The molecule has 1 aromatic rings. The molecule has 0 amide bonds. The molecule has 0 saturated carbocycles. The summed E-state index contributed by atoms with van der Waals surface area (Å²) in [5.74, 6) is 0. The van der Waals surface area contributed by atoms with E-state index in [9.17, 15) is 0 Å². The molecule has 0 aliphatic rings. The van der Waals surface area contributed by atoms with Crippen molar-refractivity contribution in [3.63, 3.8) is 0 Å². The van der Waals surface area contributed by atoms with Crippen LogP contribution in [0.4, 0.5) is 0 Å². The number of unbranched alkanes of at least 4 members (excludes halogenated alkanes) is 4. The molecule has 0 saturated heterocycles. The van der Waals surface area contributed by atoms with E-state index in [4.69, 9.17) is 0 Å². The highest BCUT2D eigenvalue weighted by molar-refractivity contribution is 5.10. The minimum Gasteiger partial charge on any atom is -0.265 e. The van der Waals surface area contributed by atoms with Gasteiger partial charge in [0.2, 0.25) is 0 Å². The van der Waals surface area contributed by atoms with E-state index in [0.717, 1.165) is 0 Å². The van der Waals surface area contributed by atoms with Crippen molar-refractivity contribution in [2.75, 3.05) is 0 Å². The third-order valence-corrected chi connectivity index (χ3v) is 4.53. The number of hydrogen-bond donors (Lipinski definition) is 0. The Bertz CT molecular complexity index is 321. The molecule has 1 aromatic heterocycles. The molecule has 1 nitrogen and oxygen atoms in total. The van der Waals surface area contributed by atoms with Gasteiger partial charge in [0, 0.05) is 12.4 Å². The molecule has 0 atom stereocenters. The molecule has 0 unspecified atom stereocenters. The number of hydrogen-bond acceptors (Lipinski definition) is 1. The Kier molecular flexibility index (Phi) is 8.57. The van der Waals surface area contributed by atoms with Crippen molar-refractivity contribution in [2.45, 2.75) is 85.0 Å². The molecule has 1 rings (SSSR count). The smallest absolute Gasteiger partial charge is 0.0270 e. The first-order valence-corrected chi connectivity index (χ1v) is 8.59. The quantitative estimate of drug-likeness (QED) is 0.439. The molecular formula is C19H33N. The lowest BCUT2D eigenvalue weighted by Gasteiger charge is -2.30. The van der Waals surface area contributed by atoms with Gasteiger partial charge in [0.05, 0.1) is 0 Å². The zero-order valence-corrected chi connectivity index (χ0v) is 13.8. The molecule has 1 heterocycles. The number of aromatic nitrogens is 1. The van der Waals surface area contributed by atoms with Gasteiger partial charge in [-0.1, -0.05) is 59.3 Å². The molecule has 20 heavy (non-hydrogen) atoms. The second kappa shape index (κ2) is 9.96. The molecule has 0 fully saturated rings. The van der Waals surface area contributed by atoms with Crippen molar-refractivity contribution in [1.82, 2.24) is 4.98 Å². The largest absolute Gasteiger partial charge is 0.265 e. The molecule has 0 aromatic carbocycles. The zero-order chi connectivity index (χ0) is 14.7. The number of aryl methyl sites for hydroxylation is 1. The van der Waals surface area contributed by atoms with Crippen LogP contribution in [0.3, 0.4) is 0 Å². The number of pyridine rings is 1. The van der Waals surface area contributed by atoms with Crippen molar-refractivity contribution in [1.29, 1.82) is 0 Å². The van der Waals surface area contributed by atoms with E-state index >= 15 is 0 Å². The zero-order valence-electron chi connectivity index (χ0n) is 13.8. The Balaban J connectivity index is 2.47. The first-order chi connectivity index (χ1) is 9.70. The van der Waals surface area contributed by atoms with E-state index in [-0.39, 0.29) is 0 Å². The van der Waals surface area contributed by atoms with Crippen LogP contribution >= 0.6 is 0 Å². The van der Waals surface area contributed by atoms with Gasteiger partial charge in [0.25, 0.3) is 0 Å². The van der Waals surface area contributed by atoms with Crippen molar-refractivity contribution in [3.8, 4) is 0 Å². The van der Waals surface area contributed by atoms with E-state index in [2.05, 4.69) is 37.9 Å². The van der Waals surface area contributed by atoms with Gasteiger partial charge < -0.3 is 0 Å². The van der Waals surface area contributed by atoms with Gasteiger partial charge in [-0.25, -0.2) is 0 Å². The molecule has 0 N–H and O–H groups in total. The van der Waals surface area contributed by atoms with E-state index in [0.29, 0.717) is 5.41 Å². The molecule has 0 spiro atoms. The van der Waals surface area contributed by atoms with Crippen molar-refractivity contribution in [2.24, 2.45) is 5.41 Å². The molecule has 0 radical (unpaired) electrons. The highest BCUT2D eigenvalue weighted by Crippen LogP contribution is 2.35. The summed E-state index contributed by atoms with van der Waals surface area (Å²) in [4.78, 5) is 4.11. The maximum atomic E-state index is 4.11. The lowest BCUT2D eigenvalue weighted by atomic mass is 9.75. The SMILES string of the molecule is CCCCCC(C)(CCCCC)CCc1ccncc1. The monoisotopic (exact) mass is 275 g/mol. The highest BCUT2D eigenvalue weighted by atomic mass is 14.6. The van der Waals surface area contributed by atoms with E-state index in [1.54, 1.807) is 0 Å². The predicted octanol–water partition coefficient (Wildman–Crippen LogP) is 6.18. The predicted molar refractivity (Wildman–Crippen MR) is 88.9 cm³/mol. The Morgan fingerprint density at radius 2 is 1.40 bits per heavy atom. The molecular weight excluding hydrogens is 242 g/mol. The first kappa shape index (κ1) is 17.2. The van der Waals surface area contributed by atoms with E-state index < -0.39 is 0 Å². The summed E-state index contributed by atoms with van der Waals surface area (Å²) in [5, 5.41) is 0. The Morgan fingerprint density at radius 3 is 1.90 bits per heavy atom. The standard InChI is InChI=1S/C19H33N/c1-4-6-8-13-19(3,14-9-7-5-2)15-10-18-11-16-20-17-12-18/h11-12,16-17H,4-10,13-15H2,1-3H3. The Hall–Kier alpha value is -0.850. The number of rotatable bonds is 11. The fourth-order valence-electron chi connectivity index (χ4n) is 2.97. The van der Waals surface area contributed by atoms with E-state index in [1.807, 2.05) is 12.4 Å². The third-order valence-electron chi connectivity index (χ3n) is 4.53. The van der Waals surface area contributed by atoms with Crippen LogP contribution in [0, 0.1) is 5.41 Å². The van der Waals surface area contributed by atoms with Gasteiger partial charge >= 0.3 is 0 Å². The molecule has 1 heteroatoms. The summed E-state index contributed by atoms with van der Waals surface area (Å²) in [6.45, 7) is 7.11. The van der Waals surface area contributed by atoms with Gasteiger partial charge in [0.1, 0.15) is 0 Å². The van der Waals surface area contributed by atoms with Crippen LogP contribution in [0.1, 0.15) is 84.1 Å². The molecule has 0 bridgehead atoms. The first-order valence-electron chi connectivity index (χ1n) is 8.59. The van der Waals surface area contributed by atoms with Crippen LogP contribution in [0.5, 0.6) is 0 Å². The van der Waals surface area contributed by atoms with Crippen molar-refractivity contribution >= 4 is 0 Å². The minimum atomic E-state index is 0.535. The van der Waals surface area contributed by atoms with Crippen LogP contribution in [0.2, 0.25) is 0 Å². The molecule has 0 aliphatic carbocycles. The van der Waals surface area contributed by atoms with Gasteiger partial charge in [-0.2, -0.15) is 0 Å². The van der Waals surface area contributed by atoms with Crippen LogP contribution in [0.25, 0.3) is 0 Å². The van der Waals surface area contributed by atoms with Gasteiger partial charge in [0.15, 0.2) is 0 Å². The minimum absolute atomic E-state index is 0.535. The summed E-state index contributed by atoms with van der Waals surface area (Å²) in [6.07, 6.45) is 17.4. The normalized spacial score (nSPS) is 11.8. The van der Waals surface area contributed by atoms with Gasteiger partial charge in [-0.3, -0.25) is 4.98 Å². The fourth-order valence-corrected chi connectivity index (χ4v) is 2.97. The second-order valence-corrected chi connectivity index (χ2v) is 6.58. The van der Waals surface area contributed by atoms with Crippen LogP contribution in [-0.4, -0.2) is 4.98 Å². The average molecular weight is 275 g/mol. The summed E-state index contributed by atoms with van der Waals surface area (Å²) in [6, 6.07) is 4.33.